The number of hydrogen-bond donors (Lipinski definition) is 1. The van der Waals surface area contributed by atoms with Crippen molar-refractivity contribution < 1.29 is 12.8 Å². The summed E-state index contributed by atoms with van der Waals surface area (Å²) in [5.74, 6) is -0.0197. The van der Waals surface area contributed by atoms with Crippen molar-refractivity contribution >= 4 is 10.0 Å². The van der Waals surface area contributed by atoms with Gasteiger partial charge in [0.2, 0.25) is 10.0 Å². The molecule has 0 bridgehead atoms. The molecule has 6 heteroatoms. The second-order valence-corrected chi connectivity index (χ2v) is 8.14. The van der Waals surface area contributed by atoms with Gasteiger partial charge in [-0.3, -0.25) is 0 Å². The molecule has 0 saturated carbocycles. The van der Waals surface area contributed by atoms with E-state index in [1.165, 1.54) is 6.07 Å². The fraction of sp³-hybridized carbons (Fsp3) is 0.647. The van der Waals surface area contributed by atoms with Gasteiger partial charge < -0.3 is 5.32 Å². The number of halogens is 1. The summed E-state index contributed by atoms with van der Waals surface area (Å²) in [4.78, 5) is 0. The smallest absolute Gasteiger partial charge is 0.214 e. The van der Waals surface area contributed by atoms with Crippen LogP contribution >= 0.6 is 0 Å². The lowest BCUT2D eigenvalue weighted by atomic mass is 10.1. The summed E-state index contributed by atoms with van der Waals surface area (Å²) >= 11 is 0. The van der Waals surface area contributed by atoms with E-state index >= 15 is 0 Å². The van der Waals surface area contributed by atoms with Crippen LogP contribution in [0.25, 0.3) is 0 Å². The highest BCUT2D eigenvalue weighted by Gasteiger charge is 2.29. The molecule has 1 aromatic rings. The Kier molecular flexibility index (Phi) is 6.99. The van der Waals surface area contributed by atoms with Crippen molar-refractivity contribution in [3.63, 3.8) is 0 Å². The maximum absolute atomic E-state index is 13.7. The van der Waals surface area contributed by atoms with Gasteiger partial charge in [-0.2, -0.15) is 4.31 Å². The van der Waals surface area contributed by atoms with Crippen LogP contribution in [0.3, 0.4) is 0 Å². The van der Waals surface area contributed by atoms with Crippen molar-refractivity contribution in [1.29, 1.82) is 0 Å². The van der Waals surface area contributed by atoms with Crippen LogP contribution in [0.5, 0.6) is 0 Å². The molecule has 1 N–H and O–H groups in total. The summed E-state index contributed by atoms with van der Waals surface area (Å²) in [5.41, 5.74) is 0.658. The summed E-state index contributed by atoms with van der Waals surface area (Å²) in [5, 5.41) is 3.27. The first-order valence-electron chi connectivity index (χ1n) is 8.48. The lowest BCUT2D eigenvalue weighted by Gasteiger charge is -2.33. The zero-order valence-electron chi connectivity index (χ0n) is 13.8. The van der Waals surface area contributed by atoms with Crippen molar-refractivity contribution in [3.05, 3.63) is 35.6 Å². The minimum Gasteiger partial charge on any atom is -0.317 e. The van der Waals surface area contributed by atoms with Crippen LogP contribution in [0, 0.1) is 5.82 Å². The Morgan fingerprint density at radius 3 is 2.61 bits per heavy atom. The molecule has 1 aromatic carbocycles. The van der Waals surface area contributed by atoms with Crippen LogP contribution in [0.2, 0.25) is 0 Å². The number of nitrogens with one attached hydrogen (secondary N) is 1. The normalized spacial score (nSPS) is 16.8. The van der Waals surface area contributed by atoms with Crippen LogP contribution in [0.4, 0.5) is 4.39 Å². The summed E-state index contributed by atoms with van der Waals surface area (Å²) < 4.78 is 40.5. The molecule has 1 heterocycles. The van der Waals surface area contributed by atoms with E-state index in [9.17, 15) is 12.8 Å². The Morgan fingerprint density at radius 2 is 1.96 bits per heavy atom. The van der Waals surface area contributed by atoms with Gasteiger partial charge >= 0.3 is 0 Å². The van der Waals surface area contributed by atoms with Crippen LogP contribution in [0.15, 0.2) is 24.3 Å². The second kappa shape index (κ2) is 8.76. The van der Waals surface area contributed by atoms with Crippen LogP contribution < -0.4 is 5.32 Å². The summed E-state index contributed by atoms with van der Waals surface area (Å²) in [6, 6.07) is 6.79. The van der Waals surface area contributed by atoms with Crippen molar-refractivity contribution in [2.75, 3.05) is 25.4 Å². The Balaban J connectivity index is 2.01. The molecule has 1 aliphatic heterocycles. The number of nitrogens with zero attached hydrogens (tertiary/aromatic N) is 1. The maximum Gasteiger partial charge on any atom is 0.214 e. The highest BCUT2D eigenvalue weighted by molar-refractivity contribution is 7.89. The molecule has 23 heavy (non-hydrogen) atoms. The standard InChI is InChI=1S/C17H27FN2O2S/c1-2-14-23(21,22)20(16-9-11-19-12-10-16)13-5-7-15-6-3-4-8-17(15)18/h3-4,6,8,16,19H,2,5,7,9-14H2,1H3. The molecule has 1 aliphatic rings. The van der Waals surface area contributed by atoms with Gasteiger partial charge in [0, 0.05) is 12.6 Å². The fourth-order valence-corrected chi connectivity index (χ4v) is 4.97. The molecule has 130 valence electrons. The van der Waals surface area contributed by atoms with Gasteiger partial charge in [0.15, 0.2) is 0 Å². The summed E-state index contributed by atoms with van der Waals surface area (Å²) in [6.07, 6.45) is 3.53. The number of piperidine rings is 1. The van der Waals surface area contributed by atoms with E-state index in [0.717, 1.165) is 25.9 Å². The van der Waals surface area contributed by atoms with Crippen molar-refractivity contribution in [1.82, 2.24) is 9.62 Å². The number of aryl methyl sites for hydroxylation is 1. The minimum atomic E-state index is -3.22. The van der Waals surface area contributed by atoms with E-state index in [4.69, 9.17) is 0 Å². The third kappa shape index (κ3) is 5.26. The minimum absolute atomic E-state index is 0.0772. The molecular weight excluding hydrogens is 315 g/mol. The van der Waals surface area contributed by atoms with Gasteiger partial charge in [0.25, 0.3) is 0 Å². The predicted molar refractivity (Wildman–Crippen MR) is 91.4 cm³/mol. The van der Waals surface area contributed by atoms with Gasteiger partial charge in [-0.25, -0.2) is 12.8 Å². The lowest BCUT2D eigenvalue weighted by Crippen LogP contribution is -2.47. The van der Waals surface area contributed by atoms with E-state index in [1.54, 1.807) is 16.4 Å². The molecule has 2 rings (SSSR count). The average Bonchev–Trinajstić information content (AvgIpc) is 2.53. The summed E-state index contributed by atoms with van der Waals surface area (Å²) in [6.45, 7) is 4.07. The van der Waals surface area contributed by atoms with E-state index in [-0.39, 0.29) is 17.6 Å². The fourth-order valence-electron chi connectivity index (χ4n) is 3.15. The van der Waals surface area contributed by atoms with Crippen molar-refractivity contribution in [3.8, 4) is 0 Å². The van der Waals surface area contributed by atoms with Gasteiger partial charge in [-0.1, -0.05) is 25.1 Å². The molecule has 0 aliphatic carbocycles. The molecular formula is C17H27FN2O2S. The predicted octanol–water partition coefficient (Wildman–Crippen LogP) is 2.55. The Labute approximate surface area is 139 Å². The number of hydrogen-bond acceptors (Lipinski definition) is 3. The van der Waals surface area contributed by atoms with Gasteiger partial charge in [0.05, 0.1) is 5.75 Å². The lowest BCUT2D eigenvalue weighted by molar-refractivity contribution is 0.260. The third-order valence-corrected chi connectivity index (χ3v) is 6.44. The third-order valence-electron chi connectivity index (χ3n) is 4.32. The van der Waals surface area contributed by atoms with Gasteiger partial charge in [-0.05, 0) is 56.8 Å². The second-order valence-electron chi connectivity index (χ2n) is 6.10. The van der Waals surface area contributed by atoms with Gasteiger partial charge in [-0.15, -0.1) is 0 Å². The molecule has 0 radical (unpaired) electrons. The largest absolute Gasteiger partial charge is 0.317 e. The molecule has 0 spiro atoms. The number of benzene rings is 1. The quantitative estimate of drug-likeness (QED) is 0.790. The first-order chi connectivity index (χ1) is 11.0. The summed E-state index contributed by atoms with van der Waals surface area (Å²) in [7, 11) is -3.22. The number of rotatable bonds is 8. The first-order valence-corrected chi connectivity index (χ1v) is 10.1. The monoisotopic (exact) mass is 342 g/mol. The molecule has 4 nitrogen and oxygen atoms in total. The Morgan fingerprint density at radius 1 is 1.26 bits per heavy atom. The molecule has 0 aromatic heterocycles. The molecule has 0 amide bonds. The van der Waals surface area contributed by atoms with E-state index in [0.29, 0.717) is 31.4 Å². The topological polar surface area (TPSA) is 49.4 Å². The Bertz CT molecular complexity index is 586. The molecule has 1 fully saturated rings. The first kappa shape index (κ1) is 18.4. The van der Waals surface area contributed by atoms with Crippen molar-refractivity contribution in [2.45, 2.75) is 45.1 Å². The zero-order valence-corrected chi connectivity index (χ0v) is 14.6. The van der Waals surface area contributed by atoms with Crippen LogP contribution in [-0.2, 0) is 16.4 Å². The van der Waals surface area contributed by atoms with Gasteiger partial charge in [0.1, 0.15) is 5.82 Å². The van der Waals surface area contributed by atoms with Crippen molar-refractivity contribution in [2.24, 2.45) is 0 Å². The maximum atomic E-state index is 13.7. The average molecular weight is 342 g/mol. The highest BCUT2D eigenvalue weighted by Crippen LogP contribution is 2.19. The van der Waals surface area contributed by atoms with Crippen LogP contribution in [-0.4, -0.2) is 44.2 Å². The zero-order chi connectivity index (χ0) is 16.7. The Hall–Kier alpha value is -0.980. The highest BCUT2D eigenvalue weighted by atomic mass is 32.2. The van der Waals surface area contributed by atoms with E-state index < -0.39 is 10.0 Å². The molecule has 0 unspecified atom stereocenters. The number of sulfonamides is 1. The molecule has 1 saturated heterocycles. The van der Waals surface area contributed by atoms with Crippen LogP contribution in [0.1, 0.15) is 38.2 Å². The molecule has 0 atom stereocenters. The van der Waals surface area contributed by atoms with E-state index in [2.05, 4.69) is 5.32 Å². The van der Waals surface area contributed by atoms with E-state index in [1.807, 2.05) is 13.0 Å². The SMILES string of the molecule is CCCS(=O)(=O)N(CCCc1ccccc1F)C1CCNCC1.